The highest BCUT2D eigenvalue weighted by Crippen LogP contribution is 2.10. The van der Waals surface area contributed by atoms with Crippen LogP contribution in [0.15, 0.2) is 58.0 Å². The Balaban J connectivity index is 1.75. The first-order valence-electron chi connectivity index (χ1n) is 11.4. The molecule has 0 spiro atoms. The molecule has 2 heterocycles. The number of rotatable bonds is 11. The van der Waals surface area contributed by atoms with Crippen LogP contribution in [0.25, 0.3) is 0 Å². The Kier molecular flexibility index (Phi) is 10.6. The van der Waals surface area contributed by atoms with Gasteiger partial charge in [-0.15, -0.1) is 10.2 Å². The maximum Gasteiger partial charge on any atom is 0.407 e. The number of allylic oxidation sites excluding steroid dienone is 2. The molecule has 2 rings (SSSR count). The van der Waals surface area contributed by atoms with E-state index >= 15 is 0 Å². The number of carbonyl (C=O) groups is 2. The summed E-state index contributed by atoms with van der Waals surface area (Å²) in [6, 6.07) is 3.48. The number of anilines is 1. The second-order valence-corrected chi connectivity index (χ2v) is 8.54. The largest absolute Gasteiger partial charge is 0.444 e. The normalized spacial score (nSPS) is 13.8. The van der Waals surface area contributed by atoms with Gasteiger partial charge in [-0.25, -0.2) is 4.79 Å². The van der Waals surface area contributed by atoms with E-state index in [0.717, 1.165) is 12.8 Å². The van der Waals surface area contributed by atoms with Crippen molar-refractivity contribution in [1.82, 2.24) is 21.2 Å². The van der Waals surface area contributed by atoms with Crippen molar-refractivity contribution < 1.29 is 14.3 Å². The van der Waals surface area contributed by atoms with E-state index in [0.29, 0.717) is 48.1 Å². The molecule has 4 N–H and O–H groups in total. The van der Waals surface area contributed by atoms with Crippen molar-refractivity contribution in [2.45, 2.75) is 59.0 Å². The Hall–Kier alpha value is -4.02. The average molecular weight is 483 g/mol. The number of hydrazine groups is 1. The van der Waals surface area contributed by atoms with E-state index in [1.165, 1.54) is 0 Å². The van der Waals surface area contributed by atoms with Crippen LogP contribution in [0.2, 0.25) is 0 Å². The fourth-order valence-electron chi connectivity index (χ4n) is 2.86. The number of ether oxygens (including phenoxy) is 1. The molecule has 0 saturated carbocycles. The van der Waals surface area contributed by atoms with E-state index in [9.17, 15) is 9.59 Å². The molecule has 0 aromatic carbocycles. The number of aliphatic imine (C=N–C) groups is 1. The Labute approximate surface area is 205 Å². The highest BCUT2D eigenvalue weighted by atomic mass is 16.6. The van der Waals surface area contributed by atoms with Gasteiger partial charge < -0.3 is 15.4 Å². The van der Waals surface area contributed by atoms with Crippen LogP contribution in [0.5, 0.6) is 0 Å². The summed E-state index contributed by atoms with van der Waals surface area (Å²) in [5.41, 5.74) is 7.10. The van der Waals surface area contributed by atoms with Gasteiger partial charge in [0.15, 0.2) is 11.7 Å². The molecule has 0 atom stereocenters. The fraction of sp³-hybridized carbons (Fsp3) is 0.417. The lowest BCUT2D eigenvalue weighted by Crippen LogP contribution is -2.45. The summed E-state index contributed by atoms with van der Waals surface area (Å²) >= 11 is 0. The molecule has 0 fully saturated rings. The second kappa shape index (κ2) is 13.6. The maximum absolute atomic E-state index is 12.2. The zero-order chi connectivity index (χ0) is 25.7. The molecule has 35 heavy (non-hydrogen) atoms. The van der Waals surface area contributed by atoms with E-state index < -0.39 is 11.7 Å². The number of hydrogen-bond donors (Lipinski definition) is 4. The summed E-state index contributed by atoms with van der Waals surface area (Å²) in [5, 5.41) is 13.8. The van der Waals surface area contributed by atoms with Gasteiger partial charge in [0.25, 0.3) is 0 Å². The summed E-state index contributed by atoms with van der Waals surface area (Å²) in [5.74, 6) is 0.794. The van der Waals surface area contributed by atoms with Gasteiger partial charge in [-0.2, -0.15) is 0 Å². The number of pyridine rings is 1. The van der Waals surface area contributed by atoms with Gasteiger partial charge in [-0.3, -0.25) is 25.6 Å². The summed E-state index contributed by atoms with van der Waals surface area (Å²) in [6.45, 7) is 11.4. The number of nitrogens with one attached hydrogen (secondary N) is 4. The van der Waals surface area contributed by atoms with Crippen LogP contribution < -0.4 is 21.5 Å². The molecule has 0 saturated heterocycles. The number of hydrogen-bond acceptors (Lipinski definition) is 9. The molecule has 188 valence electrons. The Morgan fingerprint density at radius 2 is 1.97 bits per heavy atom. The summed E-state index contributed by atoms with van der Waals surface area (Å²) in [7, 11) is 0. The van der Waals surface area contributed by atoms with Gasteiger partial charge in [-0.05, 0) is 58.7 Å². The smallest absolute Gasteiger partial charge is 0.407 e. The third-order valence-corrected chi connectivity index (χ3v) is 4.37. The minimum atomic E-state index is -0.513. The van der Waals surface area contributed by atoms with Gasteiger partial charge in [-0.1, -0.05) is 19.1 Å². The molecular weight excluding hydrogens is 448 g/mol. The van der Waals surface area contributed by atoms with Crippen LogP contribution in [-0.2, 0) is 9.53 Å². The zero-order valence-electron chi connectivity index (χ0n) is 20.7. The molecule has 2 amide bonds. The summed E-state index contributed by atoms with van der Waals surface area (Å²) in [4.78, 5) is 32.3. The quantitative estimate of drug-likeness (QED) is 0.216. The van der Waals surface area contributed by atoms with Crippen LogP contribution >= 0.6 is 0 Å². The van der Waals surface area contributed by atoms with Crippen LogP contribution in [0.3, 0.4) is 0 Å². The van der Waals surface area contributed by atoms with Gasteiger partial charge >= 0.3 is 6.09 Å². The Morgan fingerprint density at radius 1 is 1.17 bits per heavy atom. The number of aromatic nitrogens is 1. The predicted octanol–water partition coefficient (Wildman–Crippen LogP) is 3.43. The van der Waals surface area contributed by atoms with E-state index in [2.05, 4.69) is 48.2 Å². The van der Waals surface area contributed by atoms with Crippen LogP contribution in [0.1, 0.15) is 59.1 Å². The number of nitrogens with zero attached hydrogens (tertiary/aromatic N) is 4. The number of unbranched alkanes of at least 4 members (excludes halogenated alkanes) is 2. The molecule has 1 aliphatic heterocycles. The van der Waals surface area contributed by atoms with E-state index in [1.54, 1.807) is 43.6 Å². The van der Waals surface area contributed by atoms with Crippen LogP contribution in [-0.4, -0.2) is 47.0 Å². The SMILES string of the molecule is C=C/C=C(\N=C/C)C1=NN=C(c2ccc(NC(=O)CCCCCNC(=O)OC(C)(C)C)cn2)NN1. The van der Waals surface area contributed by atoms with Crippen molar-refractivity contribution in [3.63, 3.8) is 0 Å². The molecule has 1 aromatic heterocycles. The lowest BCUT2D eigenvalue weighted by Gasteiger charge is -2.19. The molecule has 11 heteroatoms. The molecule has 1 aliphatic rings. The topological polar surface area (TPSA) is 141 Å². The molecule has 1 aromatic rings. The highest BCUT2D eigenvalue weighted by Gasteiger charge is 2.16. The van der Waals surface area contributed by atoms with E-state index in [-0.39, 0.29) is 5.91 Å². The van der Waals surface area contributed by atoms with Crippen molar-refractivity contribution in [2.75, 3.05) is 11.9 Å². The van der Waals surface area contributed by atoms with Crippen LogP contribution in [0, 0.1) is 0 Å². The van der Waals surface area contributed by atoms with Crippen molar-refractivity contribution in [3.8, 4) is 0 Å². The van der Waals surface area contributed by atoms with Gasteiger partial charge in [0.05, 0.1) is 11.9 Å². The number of carbonyl (C=O) groups excluding carboxylic acids is 2. The van der Waals surface area contributed by atoms with Gasteiger partial charge in [0.2, 0.25) is 5.91 Å². The number of amidine groups is 2. The summed E-state index contributed by atoms with van der Waals surface area (Å²) in [6.07, 6.45) is 8.79. The minimum Gasteiger partial charge on any atom is -0.444 e. The standard InChI is InChI=1S/C24H34N8O3/c1-6-11-18(25-7-2)21-29-31-22(32-30-21)19-14-13-17(16-27-19)28-20(33)12-9-8-10-15-26-23(34)35-24(3,4)5/h6-7,11,13-14,16H,1,8-10,12,15H2,2-5H3,(H,26,34)(H,28,33)(H,29,30)(H,31,32)/b18-11-,25-7-. The zero-order valence-corrected chi connectivity index (χ0v) is 20.7. The first-order valence-corrected chi connectivity index (χ1v) is 11.4. The second-order valence-electron chi connectivity index (χ2n) is 8.54. The highest BCUT2D eigenvalue weighted by molar-refractivity contribution is 6.05. The lowest BCUT2D eigenvalue weighted by molar-refractivity contribution is -0.116. The Bertz CT molecular complexity index is 1000. The van der Waals surface area contributed by atoms with Crippen molar-refractivity contribution in [3.05, 3.63) is 48.5 Å². The first kappa shape index (κ1) is 27.2. The Morgan fingerprint density at radius 3 is 2.57 bits per heavy atom. The number of alkyl carbamates (subject to hydrolysis) is 1. The third-order valence-electron chi connectivity index (χ3n) is 4.37. The van der Waals surface area contributed by atoms with Gasteiger partial charge in [0.1, 0.15) is 17.0 Å². The van der Waals surface area contributed by atoms with Gasteiger partial charge in [0, 0.05) is 19.2 Å². The third kappa shape index (κ3) is 10.2. The molecule has 0 aliphatic carbocycles. The number of amides is 2. The summed E-state index contributed by atoms with van der Waals surface area (Å²) < 4.78 is 5.18. The molecule has 0 unspecified atom stereocenters. The predicted molar refractivity (Wildman–Crippen MR) is 138 cm³/mol. The molecule has 0 radical (unpaired) electrons. The van der Waals surface area contributed by atoms with E-state index in [1.807, 2.05) is 20.8 Å². The van der Waals surface area contributed by atoms with Crippen molar-refractivity contribution in [1.29, 1.82) is 0 Å². The lowest BCUT2D eigenvalue weighted by atomic mass is 10.2. The first-order chi connectivity index (χ1) is 16.7. The van der Waals surface area contributed by atoms with E-state index in [4.69, 9.17) is 4.74 Å². The van der Waals surface area contributed by atoms with Crippen molar-refractivity contribution in [2.24, 2.45) is 15.2 Å². The van der Waals surface area contributed by atoms with Crippen LogP contribution in [0.4, 0.5) is 10.5 Å². The average Bonchev–Trinajstić information content (AvgIpc) is 2.81. The fourth-order valence-corrected chi connectivity index (χ4v) is 2.86. The maximum atomic E-state index is 12.2. The molecule has 11 nitrogen and oxygen atoms in total. The van der Waals surface area contributed by atoms with Crippen molar-refractivity contribution >= 4 is 35.6 Å². The molecule has 0 bridgehead atoms. The monoisotopic (exact) mass is 482 g/mol. The molecular formula is C24H34N8O3. The minimum absolute atomic E-state index is 0.0956.